The van der Waals surface area contributed by atoms with Gasteiger partial charge in [-0.2, -0.15) is 0 Å². The highest BCUT2D eigenvalue weighted by molar-refractivity contribution is 6.27. The first kappa shape index (κ1) is 13.8. The topological polar surface area (TPSA) is 54.7 Å². The van der Waals surface area contributed by atoms with Crippen molar-refractivity contribution >= 4 is 17.7 Å². The molecule has 0 spiro atoms. The summed E-state index contributed by atoms with van der Waals surface area (Å²) in [4.78, 5) is 29.7. The molecule has 1 aromatic carbocycles. The van der Waals surface area contributed by atoms with Gasteiger partial charge in [-0.3, -0.25) is 14.5 Å². The van der Waals surface area contributed by atoms with E-state index in [2.05, 4.69) is 4.98 Å². The van der Waals surface area contributed by atoms with Gasteiger partial charge in [0.25, 0.3) is 0 Å². The van der Waals surface area contributed by atoms with Crippen LogP contribution in [0.1, 0.15) is 22.9 Å². The maximum Gasteiger partial charge on any atom is 0.216 e. The maximum absolute atomic E-state index is 12.1. The molecule has 4 rings (SSSR count). The first-order valence-corrected chi connectivity index (χ1v) is 7.50. The summed E-state index contributed by atoms with van der Waals surface area (Å²) in [6, 6.07) is 13.1. The quantitative estimate of drug-likeness (QED) is 0.547. The van der Waals surface area contributed by atoms with E-state index in [9.17, 15) is 9.59 Å². The maximum atomic E-state index is 12.1. The van der Waals surface area contributed by atoms with Crippen molar-refractivity contribution in [3.05, 3.63) is 71.7 Å². The van der Waals surface area contributed by atoms with Gasteiger partial charge < -0.3 is 4.40 Å². The zero-order valence-corrected chi connectivity index (χ0v) is 12.4. The van der Waals surface area contributed by atoms with Crippen LogP contribution in [-0.2, 0) is 22.7 Å². The highest BCUT2D eigenvalue weighted by Gasteiger charge is 2.35. The largest absolute Gasteiger partial charge is 0.307 e. The van der Waals surface area contributed by atoms with Gasteiger partial charge >= 0.3 is 0 Å². The molecule has 0 saturated carbocycles. The molecule has 23 heavy (non-hydrogen) atoms. The minimum atomic E-state index is -0.506. The second-order valence-corrected chi connectivity index (χ2v) is 5.72. The molecule has 3 heterocycles. The molecule has 0 radical (unpaired) electrons. The van der Waals surface area contributed by atoms with Crippen LogP contribution in [0.2, 0.25) is 0 Å². The SMILES string of the molecule is O=CC(=O)C1c2ccccc2CN1Cc1cn2ccccc2n1. The van der Waals surface area contributed by atoms with Crippen LogP contribution in [0.4, 0.5) is 0 Å². The number of carbonyl (C=O) groups is 2. The summed E-state index contributed by atoms with van der Waals surface area (Å²) in [7, 11) is 0. The van der Waals surface area contributed by atoms with Gasteiger partial charge in [-0.25, -0.2) is 4.98 Å². The number of nitrogens with zero attached hydrogens (tertiary/aromatic N) is 3. The summed E-state index contributed by atoms with van der Waals surface area (Å²) >= 11 is 0. The Hall–Kier alpha value is -2.79. The number of ketones is 1. The summed E-state index contributed by atoms with van der Waals surface area (Å²) in [5.74, 6) is -0.404. The number of hydrogen-bond acceptors (Lipinski definition) is 4. The predicted octanol–water partition coefficient (Wildman–Crippen LogP) is 2.16. The minimum Gasteiger partial charge on any atom is -0.307 e. The van der Waals surface area contributed by atoms with Crippen molar-refractivity contribution in [3.63, 3.8) is 0 Å². The molecule has 0 bridgehead atoms. The smallest absolute Gasteiger partial charge is 0.216 e. The number of imidazole rings is 1. The highest BCUT2D eigenvalue weighted by Crippen LogP contribution is 2.34. The van der Waals surface area contributed by atoms with Crippen molar-refractivity contribution in [2.75, 3.05) is 0 Å². The van der Waals surface area contributed by atoms with E-state index in [1.54, 1.807) is 0 Å². The Labute approximate surface area is 133 Å². The van der Waals surface area contributed by atoms with E-state index in [4.69, 9.17) is 0 Å². The fourth-order valence-corrected chi connectivity index (χ4v) is 3.27. The number of aldehydes is 1. The molecule has 0 aliphatic carbocycles. The monoisotopic (exact) mass is 305 g/mol. The summed E-state index contributed by atoms with van der Waals surface area (Å²) in [6.07, 6.45) is 4.32. The first-order valence-electron chi connectivity index (χ1n) is 7.50. The Morgan fingerprint density at radius 1 is 1.22 bits per heavy atom. The lowest BCUT2D eigenvalue weighted by Crippen LogP contribution is -2.28. The van der Waals surface area contributed by atoms with E-state index in [0.29, 0.717) is 19.4 Å². The average molecular weight is 305 g/mol. The summed E-state index contributed by atoms with van der Waals surface area (Å²) < 4.78 is 1.95. The zero-order chi connectivity index (χ0) is 15.8. The second-order valence-electron chi connectivity index (χ2n) is 5.72. The molecule has 0 amide bonds. The molecule has 0 N–H and O–H groups in total. The molecule has 5 nitrogen and oxygen atoms in total. The van der Waals surface area contributed by atoms with Crippen LogP contribution in [0.3, 0.4) is 0 Å². The Morgan fingerprint density at radius 2 is 2.04 bits per heavy atom. The van der Waals surface area contributed by atoms with E-state index in [1.165, 1.54) is 0 Å². The summed E-state index contributed by atoms with van der Waals surface area (Å²) in [5, 5.41) is 0. The van der Waals surface area contributed by atoms with E-state index in [-0.39, 0.29) is 0 Å². The van der Waals surface area contributed by atoms with E-state index in [1.807, 2.05) is 64.2 Å². The third kappa shape index (κ3) is 2.35. The summed E-state index contributed by atoms with van der Waals surface area (Å²) in [6.45, 7) is 1.18. The number of fused-ring (bicyclic) bond motifs is 2. The third-order valence-electron chi connectivity index (χ3n) is 4.25. The molecular weight excluding hydrogens is 290 g/mol. The van der Waals surface area contributed by atoms with Crippen molar-refractivity contribution < 1.29 is 9.59 Å². The van der Waals surface area contributed by atoms with Crippen LogP contribution in [0, 0.1) is 0 Å². The Kier molecular flexibility index (Phi) is 3.28. The predicted molar refractivity (Wildman–Crippen MR) is 84.7 cm³/mol. The minimum absolute atomic E-state index is 0.404. The number of hydrogen-bond donors (Lipinski definition) is 0. The van der Waals surface area contributed by atoms with Crippen LogP contribution >= 0.6 is 0 Å². The van der Waals surface area contributed by atoms with Gasteiger partial charge in [0.15, 0.2) is 6.29 Å². The van der Waals surface area contributed by atoms with E-state index >= 15 is 0 Å². The van der Waals surface area contributed by atoms with Crippen molar-refractivity contribution in [1.82, 2.24) is 14.3 Å². The number of aromatic nitrogens is 2. The van der Waals surface area contributed by atoms with Gasteiger partial charge in [-0.15, -0.1) is 0 Å². The van der Waals surface area contributed by atoms with Crippen LogP contribution in [0.5, 0.6) is 0 Å². The lowest BCUT2D eigenvalue weighted by molar-refractivity contribution is -0.133. The van der Waals surface area contributed by atoms with Gasteiger partial charge in [0.05, 0.1) is 5.69 Å². The Balaban J connectivity index is 1.68. The van der Waals surface area contributed by atoms with E-state index in [0.717, 1.165) is 22.5 Å². The molecule has 3 aromatic rings. The fourth-order valence-electron chi connectivity index (χ4n) is 3.27. The zero-order valence-electron chi connectivity index (χ0n) is 12.4. The second kappa shape index (κ2) is 5.44. The lowest BCUT2D eigenvalue weighted by atomic mass is 10.0. The van der Waals surface area contributed by atoms with Crippen LogP contribution in [0.25, 0.3) is 5.65 Å². The van der Waals surface area contributed by atoms with Crippen molar-refractivity contribution in [2.45, 2.75) is 19.1 Å². The van der Waals surface area contributed by atoms with Crippen LogP contribution in [0.15, 0.2) is 54.9 Å². The van der Waals surface area contributed by atoms with Crippen LogP contribution < -0.4 is 0 Å². The number of carbonyl (C=O) groups excluding carboxylic acids is 2. The van der Waals surface area contributed by atoms with Gasteiger partial charge in [0.1, 0.15) is 11.7 Å². The van der Waals surface area contributed by atoms with E-state index < -0.39 is 11.8 Å². The normalized spacial score (nSPS) is 17.3. The van der Waals surface area contributed by atoms with Crippen molar-refractivity contribution in [2.24, 2.45) is 0 Å². The first-order chi connectivity index (χ1) is 11.3. The van der Waals surface area contributed by atoms with Gasteiger partial charge in [0.2, 0.25) is 5.78 Å². The molecule has 1 aliphatic heterocycles. The molecule has 1 atom stereocenters. The molecule has 1 unspecified atom stereocenters. The highest BCUT2D eigenvalue weighted by atomic mass is 16.2. The molecule has 0 fully saturated rings. The van der Waals surface area contributed by atoms with Gasteiger partial charge in [0, 0.05) is 25.5 Å². The number of rotatable bonds is 4. The van der Waals surface area contributed by atoms with Gasteiger partial charge in [-0.1, -0.05) is 30.3 Å². The molecule has 1 aliphatic rings. The average Bonchev–Trinajstić information content (AvgIpc) is 3.14. The molecule has 2 aromatic heterocycles. The Morgan fingerprint density at radius 3 is 2.87 bits per heavy atom. The van der Waals surface area contributed by atoms with Crippen LogP contribution in [-0.4, -0.2) is 26.4 Å². The molecule has 114 valence electrons. The number of Topliss-reactive ketones (excluding diaryl/α,β-unsaturated/α-hetero) is 1. The molecule has 0 saturated heterocycles. The number of pyridine rings is 1. The number of benzene rings is 1. The fraction of sp³-hybridized carbons (Fsp3) is 0.167. The Bertz CT molecular complexity index is 867. The molecule has 5 heteroatoms. The standard InChI is InChI=1S/C18H15N3O2/c22-12-16(23)18-15-6-2-1-5-13(15)9-21(18)11-14-10-20-8-4-3-7-17(20)19-14/h1-8,10,12,18H,9,11H2. The van der Waals surface area contributed by atoms with Crippen molar-refractivity contribution in [1.29, 1.82) is 0 Å². The summed E-state index contributed by atoms with van der Waals surface area (Å²) in [5.41, 5.74) is 3.77. The lowest BCUT2D eigenvalue weighted by Gasteiger charge is -2.21. The van der Waals surface area contributed by atoms with Gasteiger partial charge in [-0.05, 0) is 23.3 Å². The third-order valence-corrected chi connectivity index (χ3v) is 4.25. The van der Waals surface area contributed by atoms with Crippen molar-refractivity contribution in [3.8, 4) is 0 Å². The molecular formula is C18H15N3O2.